The molecule has 1 saturated heterocycles. The molecule has 0 spiro atoms. The van der Waals surface area contributed by atoms with E-state index < -0.39 is 0 Å². The van der Waals surface area contributed by atoms with E-state index in [1.807, 2.05) is 19.1 Å². The van der Waals surface area contributed by atoms with Gasteiger partial charge in [0.25, 0.3) is 0 Å². The minimum Gasteiger partial charge on any atom is -0.467 e. The van der Waals surface area contributed by atoms with Crippen molar-refractivity contribution in [3.8, 4) is 0 Å². The molecular formula is C15H25N3O2. The lowest BCUT2D eigenvalue weighted by Gasteiger charge is -2.36. The highest BCUT2D eigenvalue weighted by Crippen LogP contribution is 2.15. The van der Waals surface area contributed by atoms with Gasteiger partial charge in [0.2, 0.25) is 5.91 Å². The SMILES string of the molecule is CC(NC1CCN(C)CC1C)C(=O)NCc1ccco1. The summed E-state index contributed by atoms with van der Waals surface area (Å²) in [4.78, 5) is 14.4. The fraction of sp³-hybridized carbons (Fsp3) is 0.667. The maximum absolute atomic E-state index is 12.1. The lowest BCUT2D eigenvalue weighted by atomic mass is 9.93. The van der Waals surface area contributed by atoms with E-state index in [2.05, 4.69) is 29.5 Å². The summed E-state index contributed by atoms with van der Waals surface area (Å²) in [6, 6.07) is 3.91. The van der Waals surface area contributed by atoms with E-state index in [0.29, 0.717) is 18.5 Å². The van der Waals surface area contributed by atoms with Gasteiger partial charge in [-0.3, -0.25) is 4.79 Å². The monoisotopic (exact) mass is 279 g/mol. The van der Waals surface area contributed by atoms with Crippen molar-refractivity contribution < 1.29 is 9.21 Å². The van der Waals surface area contributed by atoms with Crippen molar-refractivity contribution in [3.63, 3.8) is 0 Å². The van der Waals surface area contributed by atoms with Gasteiger partial charge in [-0.1, -0.05) is 6.92 Å². The number of hydrogen-bond acceptors (Lipinski definition) is 4. The lowest BCUT2D eigenvalue weighted by Crippen LogP contribution is -2.53. The third-order valence-corrected chi connectivity index (χ3v) is 3.98. The van der Waals surface area contributed by atoms with Gasteiger partial charge in [-0.05, 0) is 45.0 Å². The lowest BCUT2D eigenvalue weighted by molar-refractivity contribution is -0.123. The van der Waals surface area contributed by atoms with Gasteiger partial charge in [-0.25, -0.2) is 0 Å². The van der Waals surface area contributed by atoms with Crippen molar-refractivity contribution in [2.45, 2.75) is 38.9 Å². The van der Waals surface area contributed by atoms with Crippen LogP contribution in [0.5, 0.6) is 0 Å². The number of furan rings is 1. The molecule has 5 heteroatoms. The molecule has 5 nitrogen and oxygen atoms in total. The molecular weight excluding hydrogens is 254 g/mol. The minimum atomic E-state index is -0.180. The first-order chi connectivity index (χ1) is 9.56. The normalized spacial score (nSPS) is 25.4. The van der Waals surface area contributed by atoms with Crippen molar-refractivity contribution in [1.82, 2.24) is 15.5 Å². The molecule has 2 N–H and O–H groups in total. The summed E-state index contributed by atoms with van der Waals surface area (Å²) < 4.78 is 5.20. The zero-order chi connectivity index (χ0) is 14.5. The fourth-order valence-corrected chi connectivity index (χ4v) is 2.74. The number of piperidine rings is 1. The van der Waals surface area contributed by atoms with Gasteiger partial charge >= 0.3 is 0 Å². The molecule has 1 aliphatic heterocycles. The average molecular weight is 279 g/mol. The summed E-state index contributed by atoms with van der Waals surface area (Å²) in [6.07, 6.45) is 2.71. The van der Waals surface area contributed by atoms with Crippen LogP contribution < -0.4 is 10.6 Å². The van der Waals surface area contributed by atoms with E-state index in [1.165, 1.54) is 0 Å². The standard InChI is InChI=1S/C15H25N3O2/c1-11-10-18(3)7-6-14(11)17-12(2)15(19)16-9-13-5-4-8-20-13/h4-5,8,11-12,14,17H,6-7,9-10H2,1-3H3,(H,16,19). The Balaban J connectivity index is 1.76. The Morgan fingerprint density at radius 2 is 2.40 bits per heavy atom. The Kier molecular flexibility index (Phi) is 5.20. The molecule has 1 aliphatic rings. The first-order valence-electron chi connectivity index (χ1n) is 7.31. The maximum Gasteiger partial charge on any atom is 0.237 e. The van der Waals surface area contributed by atoms with Crippen LogP contribution in [0.2, 0.25) is 0 Å². The Hall–Kier alpha value is -1.33. The van der Waals surface area contributed by atoms with Gasteiger partial charge < -0.3 is 20.0 Å². The summed E-state index contributed by atoms with van der Waals surface area (Å²) in [5, 5.41) is 6.34. The molecule has 20 heavy (non-hydrogen) atoms. The molecule has 112 valence electrons. The second-order valence-corrected chi connectivity index (χ2v) is 5.82. The molecule has 2 rings (SSSR count). The topological polar surface area (TPSA) is 57.5 Å². The van der Waals surface area contributed by atoms with Crippen molar-refractivity contribution >= 4 is 5.91 Å². The van der Waals surface area contributed by atoms with Crippen LogP contribution in [-0.2, 0) is 11.3 Å². The minimum absolute atomic E-state index is 0.0209. The van der Waals surface area contributed by atoms with Crippen molar-refractivity contribution in [3.05, 3.63) is 24.2 Å². The van der Waals surface area contributed by atoms with Crippen LogP contribution in [0.3, 0.4) is 0 Å². The summed E-state index contributed by atoms with van der Waals surface area (Å²) in [7, 11) is 2.15. The highest BCUT2D eigenvalue weighted by molar-refractivity contribution is 5.81. The number of hydrogen-bond donors (Lipinski definition) is 2. The second kappa shape index (κ2) is 6.90. The van der Waals surface area contributed by atoms with E-state index in [9.17, 15) is 4.79 Å². The van der Waals surface area contributed by atoms with Gasteiger partial charge in [0.15, 0.2) is 0 Å². The molecule has 2 heterocycles. The largest absolute Gasteiger partial charge is 0.467 e. The average Bonchev–Trinajstić information content (AvgIpc) is 2.92. The van der Waals surface area contributed by atoms with Crippen LogP contribution in [0, 0.1) is 5.92 Å². The van der Waals surface area contributed by atoms with Crippen LogP contribution in [0.1, 0.15) is 26.0 Å². The van der Waals surface area contributed by atoms with Gasteiger partial charge in [0.1, 0.15) is 5.76 Å². The molecule has 0 bridgehead atoms. The number of amides is 1. The van der Waals surface area contributed by atoms with E-state index in [1.54, 1.807) is 6.26 Å². The van der Waals surface area contributed by atoms with Crippen LogP contribution >= 0.6 is 0 Å². The smallest absolute Gasteiger partial charge is 0.237 e. The second-order valence-electron chi connectivity index (χ2n) is 5.82. The van der Waals surface area contributed by atoms with Crippen molar-refractivity contribution in [2.75, 3.05) is 20.1 Å². The van der Waals surface area contributed by atoms with Gasteiger partial charge in [-0.2, -0.15) is 0 Å². The first kappa shape index (κ1) is 15.1. The van der Waals surface area contributed by atoms with Crippen LogP contribution in [-0.4, -0.2) is 43.0 Å². The highest BCUT2D eigenvalue weighted by atomic mass is 16.3. The first-order valence-corrected chi connectivity index (χ1v) is 7.31. The summed E-state index contributed by atoms with van der Waals surface area (Å²) in [5.41, 5.74) is 0. The fourth-order valence-electron chi connectivity index (χ4n) is 2.74. The third-order valence-electron chi connectivity index (χ3n) is 3.98. The predicted molar refractivity (Wildman–Crippen MR) is 78.2 cm³/mol. The Labute approximate surface area is 120 Å². The van der Waals surface area contributed by atoms with Crippen molar-refractivity contribution in [1.29, 1.82) is 0 Å². The molecule has 1 aromatic rings. The van der Waals surface area contributed by atoms with Crippen LogP contribution in [0.15, 0.2) is 22.8 Å². The number of nitrogens with one attached hydrogen (secondary N) is 2. The van der Waals surface area contributed by atoms with E-state index in [0.717, 1.165) is 25.3 Å². The molecule has 1 aromatic heterocycles. The molecule has 1 fully saturated rings. The number of rotatable bonds is 5. The predicted octanol–water partition coefficient (Wildman–Crippen LogP) is 1.21. The molecule has 0 saturated carbocycles. The van der Waals surface area contributed by atoms with Crippen LogP contribution in [0.4, 0.5) is 0 Å². The van der Waals surface area contributed by atoms with Crippen molar-refractivity contribution in [2.24, 2.45) is 5.92 Å². The molecule has 1 amide bonds. The summed E-state index contributed by atoms with van der Waals surface area (Å²) in [5.74, 6) is 1.36. The number of likely N-dealkylation sites (tertiary alicyclic amines) is 1. The Bertz CT molecular complexity index is 419. The highest BCUT2D eigenvalue weighted by Gasteiger charge is 2.26. The van der Waals surface area contributed by atoms with Gasteiger partial charge in [0, 0.05) is 12.6 Å². The Morgan fingerprint density at radius 3 is 3.05 bits per heavy atom. The summed E-state index contributed by atoms with van der Waals surface area (Å²) >= 11 is 0. The quantitative estimate of drug-likeness (QED) is 0.851. The molecule has 0 aromatic carbocycles. The molecule has 3 atom stereocenters. The summed E-state index contributed by atoms with van der Waals surface area (Å²) in [6.45, 7) is 6.77. The van der Waals surface area contributed by atoms with Gasteiger partial charge in [-0.15, -0.1) is 0 Å². The molecule has 3 unspecified atom stereocenters. The zero-order valence-corrected chi connectivity index (χ0v) is 12.6. The Morgan fingerprint density at radius 1 is 1.60 bits per heavy atom. The molecule has 0 aliphatic carbocycles. The number of nitrogens with zero attached hydrogens (tertiary/aromatic N) is 1. The van der Waals surface area contributed by atoms with E-state index in [-0.39, 0.29) is 11.9 Å². The zero-order valence-electron chi connectivity index (χ0n) is 12.6. The maximum atomic E-state index is 12.1. The number of carbonyl (C=O) groups is 1. The molecule has 0 radical (unpaired) electrons. The van der Waals surface area contributed by atoms with Crippen LogP contribution in [0.25, 0.3) is 0 Å². The van der Waals surface area contributed by atoms with E-state index >= 15 is 0 Å². The van der Waals surface area contributed by atoms with Gasteiger partial charge in [0.05, 0.1) is 18.8 Å². The van der Waals surface area contributed by atoms with E-state index in [4.69, 9.17) is 4.42 Å². The number of carbonyl (C=O) groups excluding carboxylic acids is 1. The third kappa shape index (κ3) is 4.08.